The van der Waals surface area contributed by atoms with Crippen molar-refractivity contribution in [1.82, 2.24) is 9.88 Å². The zero-order valence-corrected chi connectivity index (χ0v) is 14.8. The van der Waals surface area contributed by atoms with Crippen molar-refractivity contribution in [3.05, 3.63) is 59.8 Å². The molecule has 0 spiro atoms. The Morgan fingerprint density at radius 2 is 2.00 bits per heavy atom. The van der Waals surface area contributed by atoms with Gasteiger partial charge in [0, 0.05) is 18.3 Å². The van der Waals surface area contributed by atoms with Crippen LogP contribution in [-0.4, -0.2) is 34.7 Å². The molecule has 2 aromatic rings. The average molecular weight is 337 g/mol. The summed E-state index contributed by atoms with van der Waals surface area (Å²) in [5.41, 5.74) is 1.54. The zero-order valence-electron chi connectivity index (χ0n) is 14.8. The highest BCUT2D eigenvalue weighted by Crippen LogP contribution is 2.36. The van der Waals surface area contributed by atoms with Crippen LogP contribution in [0.2, 0.25) is 0 Å². The molecular formula is C20H23N3O2. The second kappa shape index (κ2) is 7.22. The largest absolute Gasteiger partial charge is 0.474 e. The normalized spacial score (nSPS) is 21.0. The number of benzene rings is 1. The van der Waals surface area contributed by atoms with Gasteiger partial charge in [-0.25, -0.2) is 4.98 Å². The van der Waals surface area contributed by atoms with Gasteiger partial charge < -0.3 is 9.47 Å². The zero-order chi connectivity index (χ0) is 17.9. The predicted octanol–water partition coefficient (Wildman–Crippen LogP) is 3.53. The fraction of sp³-hybridized carbons (Fsp3) is 0.400. The minimum atomic E-state index is -0.103. The van der Waals surface area contributed by atoms with Crippen molar-refractivity contribution < 1.29 is 9.47 Å². The molecule has 3 rings (SSSR count). The number of ether oxygens (including phenoxy) is 2. The second-order valence-corrected chi connectivity index (χ2v) is 7.12. The van der Waals surface area contributed by atoms with Crippen molar-refractivity contribution in [1.29, 1.82) is 5.26 Å². The molecule has 0 aliphatic carbocycles. The molecule has 0 radical (unpaired) electrons. The van der Waals surface area contributed by atoms with Gasteiger partial charge in [0.05, 0.1) is 0 Å². The van der Waals surface area contributed by atoms with Crippen LogP contribution >= 0.6 is 0 Å². The molecular weight excluding hydrogens is 314 g/mol. The summed E-state index contributed by atoms with van der Waals surface area (Å²) >= 11 is 0. The molecule has 5 heteroatoms. The third-order valence-electron chi connectivity index (χ3n) is 4.25. The highest BCUT2D eigenvalue weighted by atomic mass is 16.6. The van der Waals surface area contributed by atoms with Crippen LogP contribution in [-0.2, 0) is 4.74 Å². The van der Waals surface area contributed by atoms with Gasteiger partial charge in [-0.3, -0.25) is 4.90 Å². The summed E-state index contributed by atoms with van der Waals surface area (Å²) in [5, 5.41) is 9.14. The van der Waals surface area contributed by atoms with E-state index in [0.29, 0.717) is 18.1 Å². The van der Waals surface area contributed by atoms with Crippen LogP contribution in [0.3, 0.4) is 0 Å². The molecule has 25 heavy (non-hydrogen) atoms. The first-order chi connectivity index (χ1) is 12.0. The lowest BCUT2D eigenvalue weighted by atomic mass is 10.0. The molecule has 1 aliphatic rings. The van der Waals surface area contributed by atoms with E-state index >= 15 is 0 Å². The van der Waals surface area contributed by atoms with Gasteiger partial charge in [0.15, 0.2) is 0 Å². The Balaban J connectivity index is 1.73. The summed E-state index contributed by atoms with van der Waals surface area (Å²) in [7, 11) is 0. The van der Waals surface area contributed by atoms with Crippen LogP contribution in [0.4, 0.5) is 0 Å². The number of rotatable bonds is 4. The van der Waals surface area contributed by atoms with Crippen molar-refractivity contribution in [2.75, 3.05) is 13.2 Å². The first-order valence-electron chi connectivity index (χ1n) is 8.44. The van der Waals surface area contributed by atoms with Crippen LogP contribution in [0.15, 0.2) is 48.7 Å². The minimum Gasteiger partial charge on any atom is -0.474 e. The van der Waals surface area contributed by atoms with E-state index in [9.17, 15) is 0 Å². The summed E-state index contributed by atoms with van der Waals surface area (Å²) in [6.07, 6.45) is 1.44. The number of pyridine rings is 1. The van der Waals surface area contributed by atoms with Gasteiger partial charge in [0.1, 0.15) is 30.6 Å². The average Bonchev–Trinajstić information content (AvgIpc) is 3.06. The molecule has 2 unspecified atom stereocenters. The quantitative estimate of drug-likeness (QED) is 0.854. The predicted molar refractivity (Wildman–Crippen MR) is 95.0 cm³/mol. The lowest BCUT2D eigenvalue weighted by Gasteiger charge is -2.35. The van der Waals surface area contributed by atoms with Crippen molar-refractivity contribution in [3.8, 4) is 11.9 Å². The Bertz CT molecular complexity index is 750. The number of hydrogen-bond donors (Lipinski definition) is 0. The Morgan fingerprint density at radius 3 is 2.68 bits per heavy atom. The van der Waals surface area contributed by atoms with Crippen LogP contribution < -0.4 is 4.74 Å². The van der Waals surface area contributed by atoms with Crippen LogP contribution in [0.25, 0.3) is 0 Å². The summed E-state index contributed by atoms with van der Waals surface area (Å²) in [6.45, 7) is 7.67. The number of nitriles is 1. The molecule has 0 saturated carbocycles. The van der Waals surface area contributed by atoms with E-state index in [1.165, 1.54) is 0 Å². The molecule has 1 aliphatic heterocycles. The van der Waals surface area contributed by atoms with Crippen molar-refractivity contribution >= 4 is 0 Å². The van der Waals surface area contributed by atoms with Gasteiger partial charge >= 0.3 is 0 Å². The van der Waals surface area contributed by atoms with Gasteiger partial charge in [-0.05, 0) is 38.5 Å². The summed E-state index contributed by atoms with van der Waals surface area (Å²) in [4.78, 5) is 6.47. The Labute approximate surface area is 148 Å². The lowest BCUT2D eigenvalue weighted by molar-refractivity contribution is -0.0401. The third kappa shape index (κ3) is 3.98. The minimum absolute atomic E-state index is 0.0297. The molecule has 2 heterocycles. The van der Waals surface area contributed by atoms with E-state index in [0.717, 1.165) is 12.1 Å². The molecule has 1 aromatic carbocycles. The molecule has 1 saturated heterocycles. The highest BCUT2D eigenvalue weighted by Gasteiger charge is 2.40. The Kier molecular flexibility index (Phi) is 5.03. The number of nitrogens with zero attached hydrogens (tertiary/aromatic N) is 3. The molecule has 130 valence electrons. The van der Waals surface area contributed by atoms with Crippen LogP contribution in [0.1, 0.15) is 38.1 Å². The van der Waals surface area contributed by atoms with Crippen molar-refractivity contribution in [3.63, 3.8) is 0 Å². The SMILES string of the molecule is CC(C)(C)N1CC(COc2ncccc2C#N)OC1c1ccccc1. The van der Waals surface area contributed by atoms with E-state index in [4.69, 9.17) is 14.7 Å². The maximum atomic E-state index is 9.14. The fourth-order valence-corrected chi connectivity index (χ4v) is 2.97. The molecule has 0 amide bonds. The number of hydrogen-bond acceptors (Lipinski definition) is 5. The smallest absolute Gasteiger partial charge is 0.231 e. The van der Waals surface area contributed by atoms with Gasteiger partial charge in [0.2, 0.25) is 5.88 Å². The lowest BCUT2D eigenvalue weighted by Crippen LogP contribution is -2.42. The maximum Gasteiger partial charge on any atom is 0.231 e. The molecule has 5 nitrogen and oxygen atoms in total. The monoisotopic (exact) mass is 337 g/mol. The van der Waals surface area contributed by atoms with E-state index in [1.807, 2.05) is 18.2 Å². The topological polar surface area (TPSA) is 58.4 Å². The van der Waals surface area contributed by atoms with Gasteiger partial charge in [-0.2, -0.15) is 5.26 Å². The maximum absolute atomic E-state index is 9.14. The van der Waals surface area contributed by atoms with Crippen LogP contribution in [0, 0.1) is 11.3 Å². The molecule has 0 N–H and O–H groups in total. The van der Waals surface area contributed by atoms with E-state index in [1.54, 1.807) is 18.3 Å². The highest BCUT2D eigenvalue weighted by molar-refractivity contribution is 5.37. The first-order valence-corrected chi connectivity index (χ1v) is 8.44. The van der Waals surface area contributed by atoms with Crippen LogP contribution in [0.5, 0.6) is 5.88 Å². The van der Waals surface area contributed by atoms with E-state index in [2.05, 4.69) is 48.9 Å². The van der Waals surface area contributed by atoms with Gasteiger partial charge in [0.25, 0.3) is 0 Å². The molecule has 0 bridgehead atoms. The second-order valence-electron chi connectivity index (χ2n) is 7.12. The first kappa shape index (κ1) is 17.4. The van der Waals surface area contributed by atoms with Gasteiger partial charge in [-0.15, -0.1) is 0 Å². The number of aromatic nitrogens is 1. The summed E-state index contributed by atoms with van der Waals surface area (Å²) < 4.78 is 12.0. The molecule has 2 atom stereocenters. The fourth-order valence-electron chi connectivity index (χ4n) is 2.97. The Morgan fingerprint density at radius 1 is 1.24 bits per heavy atom. The van der Waals surface area contributed by atoms with Crippen molar-refractivity contribution in [2.45, 2.75) is 38.6 Å². The van der Waals surface area contributed by atoms with Gasteiger partial charge in [-0.1, -0.05) is 30.3 Å². The van der Waals surface area contributed by atoms with E-state index in [-0.39, 0.29) is 17.9 Å². The third-order valence-corrected chi connectivity index (χ3v) is 4.25. The summed E-state index contributed by atoms with van der Waals surface area (Å²) in [5.74, 6) is 0.360. The van der Waals surface area contributed by atoms with E-state index < -0.39 is 0 Å². The standard InChI is InChI=1S/C20H23N3O2/c1-20(2,3)23-13-17(25-19(23)15-8-5-4-6-9-15)14-24-18-16(12-21)10-7-11-22-18/h4-11,17,19H,13-14H2,1-3H3. The molecule has 1 fully saturated rings. The Hall–Kier alpha value is -2.42. The molecule has 1 aromatic heterocycles. The van der Waals surface area contributed by atoms with Crippen molar-refractivity contribution in [2.24, 2.45) is 0 Å². The summed E-state index contributed by atoms with van der Waals surface area (Å²) in [6, 6.07) is 15.7.